The molecule has 0 bridgehead atoms. The first kappa shape index (κ1) is 13.9. The van der Waals surface area contributed by atoms with Gasteiger partial charge in [0.2, 0.25) is 0 Å². The van der Waals surface area contributed by atoms with E-state index in [1.54, 1.807) is 0 Å². The van der Waals surface area contributed by atoms with Gasteiger partial charge in [-0.05, 0) is 18.8 Å². The maximum absolute atomic E-state index is 5.67. The lowest BCUT2D eigenvalue weighted by Crippen LogP contribution is -2.20. The van der Waals surface area contributed by atoms with Crippen LogP contribution in [0.1, 0.15) is 53.4 Å². The Morgan fingerprint density at radius 2 is 1.71 bits per heavy atom. The first-order valence-corrected chi connectivity index (χ1v) is 5.93. The van der Waals surface area contributed by atoms with Crippen LogP contribution in [0.15, 0.2) is 0 Å². The SMILES string of the molecule is CCCCOC(CCC)OCC(C)C. The normalized spacial score (nSPS) is 13.5. The third-order valence-corrected chi connectivity index (χ3v) is 1.94. The average Bonchev–Trinajstić information content (AvgIpc) is 2.14. The Balaban J connectivity index is 3.54. The lowest BCUT2D eigenvalue weighted by atomic mass is 10.2. The number of rotatable bonds is 9. The third kappa shape index (κ3) is 8.52. The van der Waals surface area contributed by atoms with Crippen LogP contribution in [0.3, 0.4) is 0 Å². The maximum Gasteiger partial charge on any atom is 0.157 e. The highest BCUT2D eigenvalue weighted by molar-refractivity contribution is 4.47. The van der Waals surface area contributed by atoms with Crippen LogP contribution in [0.2, 0.25) is 0 Å². The smallest absolute Gasteiger partial charge is 0.157 e. The van der Waals surface area contributed by atoms with Crippen LogP contribution < -0.4 is 0 Å². The van der Waals surface area contributed by atoms with Crippen molar-refractivity contribution >= 4 is 0 Å². The summed E-state index contributed by atoms with van der Waals surface area (Å²) in [5.41, 5.74) is 0. The van der Waals surface area contributed by atoms with Gasteiger partial charge in [-0.2, -0.15) is 0 Å². The quantitative estimate of drug-likeness (QED) is 0.420. The third-order valence-electron chi connectivity index (χ3n) is 1.94. The Morgan fingerprint density at radius 1 is 1.00 bits per heavy atom. The second-order valence-corrected chi connectivity index (χ2v) is 4.17. The zero-order valence-electron chi connectivity index (χ0n) is 10.2. The van der Waals surface area contributed by atoms with Crippen molar-refractivity contribution in [2.75, 3.05) is 13.2 Å². The van der Waals surface area contributed by atoms with E-state index in [1.807, 2.05) is 0 Å². The molecular weight excluding hydrogens is 176 g/mol. The predicted octanol–water partition coefficient (Wildman–Crippen LogP) is 3.60. The molecule has 0 aromatic heterocycles. The van der Waals surface area contributed by atoms with Crippen LogP contribution in [0.25, 0.3) is 0 Å². The van der Waals surface area contributed by atoms with Crippen molar-refractivity contribution in [1.82, 2.24) is 0 Å². The summed E-state index contributed by atoms with van der Waals surface area (Å²) in [6.45, 7) is 10.3. The van der Waals surface area contributed by atoms with Crippen LogP contribution in [0.5, 0.6) is 0 Å². The first-order valence-electron chi connectivity index (χ1n) is 5.93. The highest BCUT2D eigenvalue weighted by atomic mass is 16.7. The second-order valence-electron chi connectivity index (χ2n) is 4.17. The van der Waals surface area contributed by atoms with Gasteiger partial charge in [0, 0.05) is 6.61 Å². The lowest BCUT2D eigenvalue weighted by Gasteiger charge is -2.19. The van der Waals surface area contributed by atoms with Crippen molar-refractivity contribution < 1.29 is 9.47 Å². The summed E-state index contributed by atoms with van der Waals surface area (Å²) < 4.78 is 11.3. The van der Waals surface area contributed by atoms with Crippen LogP contribution >= 0.6 is 0 Å². The molecule has 0 aliphatic carbocycles. The zero-order valence-corrected chi connectivity index (χ0v) is 10.2. The monoisotopic (exact) mass is 202 g/mol. The maximum atomic E-state index is 5.67. The summed E-state index contributed by atoms with van der Waals surface area (Å²) in [4.78, 5) is 0. The van der Waals surface area contributed by atoms with E-state index in [0.717, 1.165) is 32.5 Å². The minimum Gasteiger partial charge on any atom is -0.353 e. The molecule has 0 heterocycles. The van der Waals surface area contributed by atoms with E-state index in [4.69, 9.17) is 9.47 Å². The molecule has 2 nitrogen and oxygen atoms in total. The zero-order chi connectivity index (χ0) is 10.8. The minimum atomic E-state index is 0.0222. The van der Waals surface area contributed by atoms with Crippen LogP contribution in [0.4, 0.5) is 0 Å². The number of hydrogen-bond donors (Lipinski definition) is 0. The highest BCUT2D eigenvalue weighted by Crippen LogP contribution is 2.07. The van der Waals surface area contributed by atoms with Crippen molar-refractivity contribution in [2.45, 2.75) is 59.7 Å². The molecule has 0 aliphatic rings. The lowest BCUT2D eigenvalue weighted by molar-refractivity contribution is -0.152. The molecule has 0 saturated heterocycles. The van der Waals surface area contributed by atoms with Crippen molar-refractivity contribution in [3.05, 3.63) is 0 Å². The Kier molecular flexibility index (Phi) is 9.42. The molecule has 0 N–H and O–H groups in total. The van der Waals surface area contributed by atoms with E-state index in [0.29, 0.717) is 5.92 Å². The highest BCUT2D eigenvalue weighted by Gasteiger charge is 2.08. The Hall–Kier alpha value is -0.0800. The summed E-state index contributed by atoms with van der Waals surface area (Å²) in [5, 5.41) is 0. The topological polar surface area (TPSA) is 18.5 Å². The summed E-state index contributed by atoms with van der Waals surface area (Å²) >= 11 is 0. The molecule has 0 aliphatic heterocycles. The molecule has 0 fully saturated rings. The molecule has 0 saturated carbocycles. The van der Waals surface area contributed by atoms with Crippen molar-refractivity contribution in [3.63, 3.8) is 0 Å². The van der Waals surface area contributed by atoms with Gasteiger partial charge < -0.3 is 9.47 Å². The summed E-state index contributed by atoms with van der Waals surface area (Å²) in [6, 6.07) is 0. The molecular formula is C12H26O2. The van der Waals surface area contributed by atoms with E-state index in [1.165, 1.54) is 6.42 Å². The van der Waals surface area contributed by atoms with Crippen LogP contribution in [-0.2, 0) is 9.47 Å². The van der Waals surface area contributed by atoms with Crippen molar-refractivity contribution in [3.8, 4) is 0 Å². The van der Waals surface area contributed by atoms with Crippen LogP contribution in [0, 0.1) is 5.92 Å². The molecule has 2 heteroatoms. The van der Waals surface area contributed by atoms with Gasteiger partial charge in [0.15, 0.2) is 6.29 Å². The molecule has 0 spiro atoms. The van der Waals surface area contributed by atoms with Gasteiger partial charge in [-0.15, -0.1) is 0 Å². The predicted molar refractivity (Wildman–Crippen MR) is 60.3 cm³/mol. The number of hydrogen-bond acceptors (Lipinski definition) is 2. The molecule has 0 amide bonds. The molecule has 14 heavy (non-hydrogen) atoms. The van der Waals surface area contributed by atoms with E-state index in [-0.39, 0.29) is 6.29 Å². The first-order chi connectivity index (χ1) is 6.70. The largest absolute Gasteiger partial charge is 0.353 e. The van der Waals surface area contributed by atoms with Gasteiger partial charge in [0.25, 0.3) is 0 Å². The Morgan fingerprint density at radius 3 is 2.21 bits per heavy atom. The van der Waals surface area contributed by atoms with Gasteiger partial charge >= 0.3 is 0 Å². The Bertz CT molecular complexity index is 113. The van der Waals surface area contributed by atoms with Crippen molar-refractivity contribution in [1.29, 1.82) is 0 Å². The van der Waals surface area contributed by atoms with Gasteiger partial charge in [-0.1, -0.05) is 40.5 Å². The van der Waals surface area contributed by atoms with Gasteiger partial charge in [0.1, 0.15) is 0 Å². The number of unbranched alkanes of at least 4 members (excludes halogenated alkanes) is 1. The molecule has 1 atom stereocenters. The van der Waals surface area contributed by atoms with Crippen molar-refractivity contribution in [2.24, 2.45) is 5.92 Å². The molecule has 0 aromatic rings. The molecule has 1 unspecified atom stereocenters. The minimum absolute atomic E-state index is 0.0222. The number of ether oxygens (including phenoxy) is 2. The van der Waals surface area contributed by atoms with E-state index >= 15 is 0 Å². The molecule has 86 valence electrons. The fraction of sp³-hybridized carbons (Fsp3) is 1.00. The standard InChI is InChI=1S/C12H26O2/c1-5-7-9-13-12(8-6-2)14-10-11(3)4/h11-12H,5-10H2,1-4H3. The fourth-order valence-electron chi connectivity index (χ4n) is 1.11. The van der Waals surface area contributed by atoms with Gasteiger partial charge in [-0.3, -0.25) is 0 Å². The summed E-state index contributed by atoms with van der Waals surface area (Å²) in [7, 11) is 0. The van der Waals surface area contributed by atoms with Crippen LogP contribution in [-0.4, -0.2) is 19.5 Å². The van der Waals surface area contributed by atoms with Gasteiger partial charge in [-0.25, -0.2) is 0 Å². The average molecular weight is 202 g/mol. The van der Waals surface area contributed by atoms with E-state index in [9.17, 15) is 0 Å². The molecule has 0 rings (SSSR count). The Labute approximate surface area is 89.0 Å². The fourth-order valence-corrected chi connectivity index (χ4v) is 1.11. The van der Waals surface area contributed by atoms with E-state index < -0.39 is 0 Å². The summed E-state index contributed by atoms with van der Waals surface area (Å²) in [6.07, 6.45) is 4.47. The molecule has 0 aromatic carbocycles. The second kappa shape index (κ2) is 9.47. The van der Waals surface area contributed by atoms with Gasteiger partial charge in [0.05, 0.1) is 6.61 Å². The van der Waals surface area contributed by atoms with E-state index in [2.05, 4.69) is 27.7 Å². The summed E-state index contributed by atoms with van der Waals surface area (Å²) in [5.74, 6) is 0.587. The molecule has 0 radical (unpaired) electrons.